The summed E-state index contributed by atoms with van der Waals surface area (Å²) in [5, 5.41) is 3.51. The normalized spacial score (nSPS) is 14.4. The summed E-state index contributed by atoms with van der Waals surface area (Å²) in [6.45, 7) is 11.9. The van der Waals surface area contributed by atoms with Gasteiger partial charge in [-0.25, -0.2) is 0 Å². The zero-order valence-electron chi connectivity index (χ0n) is 13.1. The molecule has 0 aliphatic carbocycles. The van der Waals surface area contributed by atoms with Gasteiger partial charge in [0.05, 0.1) is 0 Å². The first-order chi connectivity index (χ1) is 9.02. The highest BCUT2D eigenvalue weighted by Gasteiger charge is 2.07. The average Bonchev–Trinajstić information content (AvgIpc) is 2.37. The predicted molar refractivity (Wildman–Crippen MR) is 83.0 cm³/mol. The highest BCUT2D eigenvalue weighted by atomic mass is 16.5. The van der Waals surface area contributed by atoms with Gasteiger partial charge in [-0.1, -0.05) is 39.3 Å². The zero-order valence-corrected chi connectivity index (χ0v) is 13.1. The molecule has 0 spiro atoms. The Hall–Kier alpha value is -1.02. The lowest BCUT2D eigenvalue weighted by atomic mass is 10.0. The quantitative estimate of drug-likeness (QED) is 0.752. The van der Waals surface area contributed by atoms with Gasteiger partial charge in [-0.2, -0.15) is 0 Å². The summed E-state index contributed by atoms with van der Waals surface area (Å²) >= 11 is 0. The van der Waals surface area contributed by atoms with Crippen LogP contribution < -0.4 is 10.1 Å². The Kier molecular flexibility index (Phi) is 6.93. The lowest BCUT2D eigenvalue weighted by Crippen LogP contribution is -2.34. The largest absolute Gasteiger partial charge is 0.489 e. The molecule has 2 nitrogen and oxygen atoms in total. The van der Waals surface area contributed by atoms with Gasteiger partial charge in [-0.15, -0.1) is 0 Å². The van der Waals surface area contributed by atoms with Crippen LogP contribution in [0.5, 0.6) is 5.75 Å². The van der Waals surface area contributed by atoms with E-state index in [0.29, 0.717) is 12.0 Å². The van der Waals surface area contributed by atoms with E-state index in [-0.39, 0.29) is 6.10 Å². The van der Waals surface area contributed by atoms with Crippen LogP contribution in [0.15, 0.2) is 24.3 Å². The van der Waals surface area contributed by atoms with Gasteiger partial charge in [0.1, 0.15) is 11.9 Å². The van der Waals surface area contributed by atoms with Crippen LogP contribution in [-0.2, 0) is 0 Å². The van der Waals surface area contributed by atoms with Crippen LogP contribution in [0.3, 0.4) is 0 Å². The maximum atomic E-state index is 5.92. The maximum absolute atomic E-state index is 5.92. The van der Waals surface area contributed by atoms with Crippen LogP contribution in [0.25, 0.3) is 0 Å². The highest BCUT2D eigenvalue weighted by molar-refractivity contribution is 5.29. The molecule has 0 aliphatic rings. The number of hydrogen-bond acceptors (Lipinski definition) is 2. The van der Waals surface area contributed by atoms with Gasteiger partial charge in [0.15, 0.2) is 0 Å². The smallest absolute Gasteiger partial charge is 0.119 e. The van der Waals surface area contributed by atoms with E-state index in [1.807, 2.05) is 0 Å². The van der Waals surface area contributed by atoms with Gasteiger partial charge >= 0.3 is 0 Å². The second-order valence-corrected chi connectivity index (χ2v) is 5.75. The van der Waals surface area contributed by atoms with Crippen LogP contribution in [0, 0.1) is 0 Å². The van der Waals surface area contributed by atoms with Crippen LogP contribution >= 0.6 is 0 Å². The van der Waals surface area contributed by atoms with E-state index in [4.69, 9.17) is 4.74 Å². The highest BCUT2D eigenvalue weighted by Crippen LogP contribution is 2.19. The topological polar surface area (TPSA) is 21.3 Å². The Morgan fingerprint density at radius 1 is 1.05 bits per heavy atom. The molecule has 0 saturated heterocycles. The van der Waals surface area contributed by atoms with Gasteiger partial charge in [-0.3, -0.25) is 0 Å². The first kappa shape index (κ1) is 16.0. The van der Waals surface area contributed by atoms with E-state index in [0.717, 1.165) is 12.3 Å². The van der Waals surface area contributed by atoms with Crippen LogP contribution in [0.4, 0.5) is 0 Å². The third-order valence-corrected chi connectivity index (χ3v) is 3.36. The first-order valence-corrected chi connectivity index (χ1v) is 7.53. The first-order valence-electron chi connectivity index (χ1n) is 7.53. The molecule has 0 fully saturated rings. The minimum Gasteiger partial charge on any atom is -0.489 e. The Balaban J connectivity index is 2.37. The number of rotatable bonds is 8. The molecule has 0 radical (unpaired) electrons. The van der Waals surface area contributed by atoms with Crippen molar-refractivity contribution < 1.29 is 4.74 Å². The summed E-state index contributed by atoms with van der Waals surface area (Å²) in [7, 11) is 0. The molecule has 2 heteroatoms. The number of ether oxygens (including phenoxy) is 1. The minimum atomic E-state index is 0.198. The SMILES string of the molecule is CCCC(C)NCC(C)Oc1ccc(C(C)C)cc1. The molecule has 0 heterocycles. The lowest BCUT2D eigenvalue weighted by molar-refractivity contribution is 0.211. The van der Waals surface area contributed by atoms with Crippen molar-refractivity contribution >= 4 is 0 Å². The van der Waals surface area contributed by atoms with Crippen molar-refractivity contribution in [2.24, 2.45) is 0 Å². The van der Waals surface area contributed by atoms with Gasteiger partial charge in [0.2, 0.25) is 0 Å². The molecule has 2 atom stereocenters. The number of hydrogen-bond donors (Lipinski definition) is 1. The van der Waals surface area contributed by atoms with Crippen LogP contribution in [0.1, 0.15) is 58.9 Å². The summed E-state index contributed by atoms with van der Waals surface area (Å²) in [6, 6.07) is 9.02. The maximum Gasteiger partial charge on any atom is 0.119 e. The molecule has 1 aromatic carbocycles. The second-order valence-electron chi connectivity index (χ2n) is 5.75. The average molecular weight is 263 g/mol. The van der Waals surface area contributed by atoms with E-state index < -0.39 is 0 Å². The molecular formula is C17H29NO. The predicted octanol–water partition coefficient (Wildman–Crippen LogP) is 4.36. The van der Waals surface area contributed by atoms with Gasteiger partial charge in [-0.05, 0) is 43.9 Å². The van der Waals surface area contributed by atoms with Crippen LogP contribution in [-0.4, -0.2) is 18.7 Å². The van der Waals surface area contributed by atoms with E-state index in [9.17, 15) is 0 Å². The van der Waals surface area contributed by atoms with E-state index in [2.05, 4.69) is 64.2 Å². The summed E-state index contributed by atoms with van der Waals surface area (Å²) in [5.74, 6) is 1.53. The van der Waals surface area contributed by atoms with Crippen molar-refractivity contribution in [2.75, 3.05) is 6.54 Å². The molecular weight excluding hydrogens is 234 g/mol. The molecule has 0 bridgehead atoms. The molecule has 1 rings (SSSR count). The lowest BCUT2D eigenvalue weighted by Gasteiger charge is -2.19. The zero-order chi connectivity index (χ0) is 14.3. The fraction of sp³-hybridized carbons (Fsp3) is 0.647. The minimum absolute atomic E-state index is 0.198. The standard InChI is InChI=1S/C17H29NO/c1-6-7-14(4)18-12-15(5)19-17-10-8-16(9-11-17)13(2)3/h8-11,13-15,18H,6-7,12H2,1-5H3. The van der Waals surface area contributed by atoms with Crippen molar-refractivity contribution in [1.82, 2.24) is 5.32 Å². The Labute approximate surface area is 118 Å². The van der Waals surface area contributed by atoms with Crippen molar-refractivity contribution in [3.63, 3.8) is 0 Å². The Morgan fingerprint density at radius 2 is 1.68 bits per heavy atom. The van der Waals surface area contributed by atoms with Crippen molar-refractivity contribution in [2.45, 2.75) is 65.5 Å². The van der Waals surface area contributed by atoms with E-state index in [1.165, 1.54) is 18.4 Å². The van der Waals surface area contributed by atoms with Crippen molar-refractivity contribution in [3.8, 4) is 5.75 Å². The van der Waals surface area contributed by atoms with Crippen molar-refractivity contribution in [3.05, 3.63) is 29.8 Å². The third kappa shape index (κ3) is 6.11. The van der Waals surface area contributed by atoms with Gasteiger partial charge in [0, 0.05) is 12.6 Å². The summed E-state index contributed by atoms with van der Waals surface area (Å²) in [4.78, 5) is 0. The second kappa shape index (κ2) is 8.21. The fourth-order valence-corrected chi connectivity index (χ4v) is 2.11. The molecule has 1 aromatic rings. The van der Waals surface area contributed by atoms with E-state index in [1.54, 1.807) is 0 Å². The van der Waals surface area contributed by atoms with Crippen molar-refractivity contribution in [1.29, 1.82) is 0 Å². The monoisotopic (exact) mass is 263 g/mol. The summed E-state index contributed by atoms with van der Waals surface area (Å²) in [6.07, 6.45) is 2.64. The molecule has 0 saturated carbocycles. The summed E-state index contributed by atoms with van der Waals surface area (Å²) < 4.78 is 5.92. The van der Waals surface area contributed by atoms with Crippen LogP contribution in [0.2, 0.25) is 0 Å². The Morgan fingerprint density at radius 3 is 2.21 bits per heavy atom. The number of nitrogens with one attached hydrogen (secondary N) is 1. The molecule has 2 unspecified atom stereocenters. The molecule has 0 aromatic heterocycles. The fourth-order valence-electron chi connectivity index (χ4n) is 2.11. The van der Waals surface area contributed by atoms with Gasteiger partial charge < -0.3 is 10.1 Å². The number of benzene rings is 1. The Bertz CT molecular complexity index is 345. The molecule has 0 amide bonds. The molecule has 108 valence electrons. The van der Waals surface area contributed by atoms with E-state index >= 15 is 0 Å². The summed E-state index contributed by atoms with van der Waals surface area (Å²) in [5.41, 5.74) is 1.36. The molecule has 1 N–H and O–H groups in total. The molecule has 0 aliphatic heterocycles. The third-order valence-electron chi connectivity index (χ3n) is 3.36. The molecule has 19 heavy (non-hydrogen) atoms. The van der Waals surface area contributed by atoms with Gasteiger partial charge in [0.25, 0.3) is 0 Å².